The molecule has 1 amide bonds. The first-order valence-electron chi connectivity index (χ1n) is 6.64. The number of anilines is 1. The second kappa shape index (κ2) is 6.58. The monoisotopic (exact) mass is 288 g/mol. The predicted octanol–water partition coefficient (Wildman–Crippen LogP) is 3.02. The molecule has 0 aromatic heterocycles. The number of nitrogens with zero attached hydrogens (tertiary/aromatic N) is 2. The van der Waals surface area contributed by atoms with Crippen molar-refractivity contribution in [1.82, 2.24) is 0 Å². The number of amides is 1. The van der Waals surface area contributed by atoms with Gasteiger partial charge in [0.05, 0.1) is 17.5 Å². The Balaban J connectivity index is 2.30. The third kappa shape index (κ3) is 3.02. The average molecular weight is 288 g/mol. The van der Waals surface area contributed by atoms with Gasteiger partial charge >= 0.3 is 0 Å². The number of carbonyl (C=O) groups excluding carboxylic acids is 2. The molecule has 0 atom stereocenters. The molecule has 0 bridgehead atoms. The van der Waals surface area contributed by atoms with Gasteiger partial charge in [-0.1, -0.05) is 13.0 Å². The van der Waals surface area contributed by atoms with Crippen LogP contribution >= 0.6 is 11.8 Å². The first-order valence-corrected chi connectivity index (χ1v) is 7.63. The summed E-state index contributed by atoms with van der Waals surface area (Å²) >= 11 is 1.50. The summed E-state index contributed by atoms with van der Waals surface area (Å²) in [5, 5.41) is 8.60. The Morgan fingerprint density at radius 3 is 3.00 bits per heavy atom. The lowest BCUT2D eigenvalue weighted by molar-refractivity contribution is -0.116. The van der Waals surface area contributed by atoms with E-state index in [1.807, 2.05) is 19.1 Å². The summed E-state index contributed by atoms with van der Waals surface area (Å²) in [5.41, 5.74) is 1.45. The lowest BCUT2D eigenvalue weighted by atomic mass is 10.1. The van der Waals surface area contributed by atoms with E-state index in [2.05, 4.69) is 6.07 Å². The maximum Gasteiger partial charge on any atom is 0.237 e. The van der Waals surface area contributed by atoms with Crippen molar-refractivity contribution in [2.75, 3.05) is 17.2 Å². The third-order valence-electron chi connectivity index (χ3n) is 3.22. The summed E-state index contributed by atoms with van der Waals surface area (Å²) in [4.78, 5) is 26.6. The molecular formula is C15H16N2O2S. The molecule has 0 unspecified atom stereocenters. The zero-order chi connectivity index (χ0) is 14.5. The van der Waals surface area contributed by atoms with E-state index < -0.39 is 0 Å². The van der Waals surface area contributed by atoms with Crippen LogP contribution in [-0.2, 0) is 4.79 Å². The number of hydrogen-bond donors (Lipinski definition) is 0. The third-order valence-corrected chi connectivity index (χ3v) is 4.26. The Kier molecular flexibility index (Phi) is 4.80. The molecule has 0 saturated heterocycles. The molecule has 2 rings (SSSR count). The number of nitriles is 1. The molecule has 0 fully saturated rings. The molecule has 4 nitrogen and oxygen atoms in total. The van der Waals surface area contributed by atoms with E-state index in [0.717, 1.165) is 10.6 Å². The SMILES string of the molecule is CCC(=O)c1ccc2c(c1)N(CCCC#N)C(=O)CS2. The van der Waals surface area contributed by atoms with Crippen LogP contribution in [0.3, 0.4) is 0 Å². The topological polar surface area (TPSA) is 61.2 Å². The van der Waals surface area contributed by atoms with Crippen molar-refractivity contribution in [2.45, 2.75) is 31.1 Å². The van der Waals surface area contributed by atoms with Gasteiger partial charge in [-0.05, 0) is 18.6 Å². The molecule has 1 aromatic rings. The van der Waals surface area contributed by atoms with Gasteiger partial charge in [0.15, 0.2) is 5.78 Å². The van der Waals surface area contributed by atoms with Gasteiger partial charge < -0.3 is 4.90 Å². The van der Waals surface area contributed by atoms with E-state index in [-0.39, 0.29) is 11.7 Å². The number of thioether (sulfide) groups is 1. The summed E-state index contributed by atoms with van der Waals surface area (Å²) in [6.07, 6.45) is 1.53. The lowest BCUT2D eigenvalue weighted by Gasteiger charge is -2.29. The molecule has 20 heavy (non-hydrogen) atoms. The first kappa shape index (κ1) is 14.6. The smallest absolute Gasteiger partial charge is 0.237 e. The van der Waals surface area contributed by atoms with Gasteiger partial charge in [0, 0.05) is 29.8 Å². The normalized spacial score (nSPS) is 13.8. The van der Waals surface area contributed by atoms with Crippen molar-refractivity contribution < 1.29 is 9.59 Å². The van der Waals surface area contributed by atoms with Gasteiger partial charge in [0.25, 0.3) is 0 Å². The van der Waals surface area contributed by atoms with Crippen molar-refractivity contribution >= 4 is 29.1 Å². The summed E-state index contributed by atoms with van der Waals surface area (Å²) in [5.74, 6) is 0.537. The number of unbranched alkanes of at least 4 members (excludes halogenated alkanes) is 1. The fraction of sp³-hybridized carbons (Fsp3) is 0.400. The van der Waals surface area contributed by atoms with E-state index in [1.165, 1.54) is 11.8 Å². The number of Topliss-reactive ketones (excluding diaryl/α,β-unsaturated/α-hetero) is 1. The van der Waals surface area contributed by atoms with Crippen LogP contribution in [0.5, 0.6) is 0 Å². The highest BCUT2D eigenvalue weighted by molar-refractivity contribution is 8.00. The summed E-state index contributed by atoms with van der Waals surface area (Å²) in [6, 6.07) is 7.62. The second-order valence-electron chi connectivity index (χ2n) is 4.55. The molecule has 5 heteroatoms. The van der Waals surface area contributed by atoms with Gasteiger partial charge in [-0.3, -0.25) is 9.59 Å². The van der Waals surface area contributed by atoms with Crippen LogP contribution in [0.4, 0.5) is 5.69 Å². The lowest BCUT2D eigenvalue weighted by Crippen LogP contribution is -2.36. The van der Waals surface area contributed by atoms with Gasteiger partial charge in [0.1, 0.15) is 0 Å². The van der Waals surface area contributed by atoms with E-state index in [1.54, 1.807) is 11.0 Å². The summed E-state index contributed by atoms with van der Waals surface area (Å²) in [7, 11) is 0. The molecule has 0 radical (unpaired) electrons. The van der Waals surface area contributed by atoms with Crippen LogP contribution in [0.2, 0.25) is 0 Å². The van der Waals surface area contributed by atoms with E-state index in [4.69, 9.17) is 5.26 Å². The molecule has 0 spiro atoms. The largest absolute Gasteiger partial charge is 0.311 e. The molecule has 1 aromatic carbocycles. The standard InChI is InChI=1S/C15H16N2O2S/c1-2-13(18)11-5-6-14-12(9-11)17(8-4-3-7-16)15(19)10-20-14/h5-6,9H,2-4,8,10H2,1H3. The molecule has 0 aliphatic carbocycles. The Bertz CT molecular complexity index is 578. The van der Waals surface area contributed by atoms with Gasteiger partial charge in [-0.15, -0.1) is 11.8 Å². The Labute approximate surface area is 122 Å². The van der Waals surface area contributed by atoms with Gasteiger partial charge in [-0.25, -0.2) is 0 Å². The summed E-state index contributed by atoms with van der Waals surface area (Å²) in [6.45, 7) is 2.36. The molecule has 1 aliphatic heterocycles. The number of benzene rings is 1. The first-order chi connectivity index (χ1) is 9.67. The maximum atomic E-state index is 12.0. The molecule has 1 heterocycles. The Hall–Kier alpha value is -1.80. The van der Waals surface area contributed by atoms with Crippen molar-refractivity contribution in [3.05, 3.63) is 23.8 Å². The Morgan fingerprint density at radius 1 is 1.50 bits per heavy atom. The molecular weight excluding hydrogens is 272 g/mol. The van der Waals surface area contributed by atoms with Crippen molar-refractivity contribution in [2.24, 2.45) is 0 Å². The van der Waals surface area contributed by atoms with Gasteiger partial charge in [0.2, 0.25) is 5.91 Å². The van der Waals surface area contributed by atoms with Crippen LogP contribution in [-0.4, -0.2) is 24.0 Å². The fourth-order valence-electron chi connectivity index (χ4n) is 2.14. The van der Waals surface area contributed by atoms with Crippen LogP contribution in [0.1, 0.15) is 36.5 Å². The van der Waals surface area contributed by atoms with Crippen molar-refractivity contribution in [3.8, 4) is 6.07 Å². The molecule has 1 aliphatic rings. The van der Waals surface area contributed by atoms with Gasteiger partial charge in [-0.2, -0.15) is 5.26 Å². The van der Waals surface area contributed by atoms with E-state index in [9.17, 15) is 9.59 Å². The van der Waals surface area contributed by atoms with Crippen LogP contribution < -0.4 is 4.90 Å². The number of ketones is 1. The van der Waals surface area contributed by atoms with Crippen molar-refractivity contribution in [3.63, 3.8) is 0 Å². The number of fused-ring (bicyclic) bond motifs is 1. The van der Waals surface area contributed by atoms with Crippen LogP contribution in [0, 0.1) is 11.3 Å². The highest BCUT2D eigenvalue weighted by atomic mass is 32.2. The Morgan fingerprint density at radius 2 is 2.30 bits per heavy atom. The fourth-order valence-corrected chi connectivity index (χ4v) is 3.06. The van der Waals surface area contributed by atoms with E-state index >= 15 is 0 Å². The molecule has 104 valence electrons. The zero-order valence-electron chi connectivity index (χ0n) is 11.4. The highest BCUT2D eigenvalue weighted by Crippen LogP contribution is 2.36. The van der Waals surface area contributed by atoms with Crippen LogP contribution in [0.15, 0.2) is 23.1 Å². The van der Waals surface area contributed by atoms with E-state index in [0.29, 0.717) is 37.1 Å². The minimum atomic E-state index is 0.0431. The molecule has 0 saturated carbocycles. The number of carbonyl (C=O) groups is 2. The minimum Gasteiger partial charge on any atom is -0.311 e. The zero-order valence-corrected chi connectivity index (χ0v) is 12.2. The summed E-state index contributed by atoms with van der Waals surface area (Å²) < 4.78 is 0. The average Bonchev–Trinajstić information content (AvgIpc) is 2.48. The number of rotatable bonds is 5. The van der Waals surface area contributed by atoms with Crippen molar-refractivity contribution in [1.29, 1.82) is 5.26 Å². The number of hydrogen-bond acceptors (Lipinski definition) is 4. The minimum absolute atomic E-state index is 0.0431. The maximum absolute atomic E-state index is 12.0. The van der Waals surface area contributed by atoms with Crippen LogP contribution in [0.25, 0.3) is 0 Å². The second-order valence-corrected chi connectivity index (χ2v) is 5.57. The molecule has 0 N–H and O–H groups in total. The highest BCUT2D eigenvalue weighted by Gasteiger charge is 2.25. The predicted molar refractivity (Wildman–Crippen MR) is 79.0 cm³/mol. The quantitative estimate of drug-likeness (QED) is 0.617.